The number of benzene rings is 1. The highest BCUT2D eigenvalue weighted by Crippen LogP contribution is 2.36. The van der Waals surface area contributed by atoms with Crippen molar-refractivity contribution in [2.75, 3.05) is 26.2 Å². The first kappa shape index (κ1) is 26.6. The maximum Gasteiger partial charge on any atom is 0.407 e. The Kier molecular flexibility index (Phi) is 8.89. The number of carbonyl (C=O) groups is 3. The second kappa shape index (κ2) is 11.0. The molecule has 0 bridgehead atoms. The topological polar surface area (TPSA) is 107 Å². The van der Waals surface area contributed by atoms with Gasteiger partial charge in [0.15, 0.2) is 0 Å². The Morgan fingerprint density at radius 3 is 2.27 bits per heavy atom. The Hall–Kier alpha value is -2.61. The van der Waals surface area contributed by atoms with Crippen LogP contribution in [0.3, 0.4) is 0 Å². The van der Waals surface area contributed by atoms with E-state index in [1.54, 1.807) is 0 Å². The first-order valence-corrected chi connectivity index (χ1v) is 11.5. The second-order valence-electron chi connectivity index (χ2n) is 10.6. The molecule has 2 atom stereocenters. The molecule has 33 heavy (non-hydrogen) atoms. The molecule has 0 aliphatic carbocycles. The maximum absolute atomic E-state index is 13.2. The number of nitrogens with zero attached hydrogens (tertiary/aromatic N) is 2. The average Bonchev–Trinajstić information content (AvgIpc) is 3.16. The van der Waals surface area contributed by atoms with E-state index >= 15 is 0 Å². The van der Waals surface area contributed by atoms with Crippen molar-refractivity contribution in [3.05, 3.63) is 35.9 Å². The van der Waals surface area contributed by atoms with E-state index in [9.17, 15) is 24.6 Å². The van der Waals surface area contributed by atoms with Gasteiger partial charge in [-0.05, 0) is 29.7 Å². The summed E-state index contributed by atoms with van der Waals surface area (Å²) in [5.74, 6) is -1.37. The van der Waals surface area contributed by atoms with E-state index in [1.807, 2.05) is 49.1 Å². The summed E-state index contributed by atoms with van der Waals surface area (Å²) in [5.41, 5.74) is -0.379. The summed E-state index contributed by atoms with van der Waals surface area (Å²) in [5, 5.41) is 19.3. The Morgan fingerprint density at radius 1 is 1.15 bits per heavy atom. The Morgan fingerprint density at radius 2 is 1.79 bits per heavy atom. The highest BCUT2D eigenvalue weighted by Gasteiger charge is 2.47. The Bertz CT molecular complexity index is 820. The van der Waals surface area contributed by atoms with Crippen molar-refractivity contribution < 1.29 is 29.3 Å². The Labute approximate surface area is 196 Å². The quantitative estimate of drug-likeness (QED) is 0.507. The fourth-order valence-corrected chi connectivity index (χ4v) is 4.46. The molecule has 1 aromatic rings. The number of aliphatic carboxylic acids is 1. The molecule has 1 heterocycles. The van der Waals surface area contributed by atoms with Crippen molar-refractivity contribution in [3.8, 4) is 0 Å². The zero-order valence-corrected chi connectivity index (χ0v) is 20.4. The van der Waals surface area contributed by atoms with Gasteiger partial charge in [-0.25, -0.2) is 4.79 Å². The molecule has 0 spiro atoms. The summed E-state index contributed by atoms with van der Waals surface area (Å²) < 4.78 is 5.66. The fraction of sp³-hybridized carbons (Fsp3) is 0.640. The third-order valence-electron chi connectivity index (χ3n) is 6.12. The van der Waals surface area contributed by atoms with Crippen LogP contribution in [0.2, 0.25) is 0 Å². The van der Waals surface area contributed by atoms with Crippen LogP contribution in [0.25, 0.3) is 0 Å². The molecule has 2 rings (SSSR count). The number of carboxylic acids is 1. The highest BCUT2D eigenvalue weighted by molar-refractivity contribution is 5.78. The van der Waals surface area contributed by atoms with Gasteiger partial charge in [-0.2, -0.15) is 0 Å². The van der Waals surface area contributed by atoms with Crippen molar-refractivity contribution in [2.24, 2.45) is 16.7 Å². The zero-order valence-electron chi connectivity index (χ0n) is 20.4. The van der Waals surface area contributed by atoms with Crippen LogP contribution in [0.1, 0.15) is 53.0 Å². The zero-order chi connectivity index (χ0) is 24.8. The number of ether oxygens (including phenoxy) is 1. The lowest BCUT2D eigenvalue weighted by Crippen LogP contribution is -2.50. The van der Waals surface area contributed by atoms with Gasteiger partial charge in [0, 0.05) is 26.2 Å². The molecule has 1 aliphatic rings. The average molecular weight is 463 g/mol. The smallest absolute Gasteiger partial charge is 0.407 e. The summed E-state index contributed by atoms with van der Waals surface area (Å²) in [7, 11) is 0. The van der Waals surface area contributed by atoms with E-state index in [2.05, 4.69) is 20.8 Å². The molecule has 8 heteroatoms. The number of carbonyl (C=O) groups excluding carboxylic acids is 1. The van der Waals surface area contributed by atoms with Crippen molar-refractivity contribution in [3.63, 3.8) is 0 Å². The van der Waals surface area contributed by atoms with Crippen molar-refractivity contribution in [1.82, 2.24) is 9.80 Å². The van der Waals surface area contributed by atoms with E-state index < -0.39 is 23.5 Å². The van der Waals surface area contributed by atoms with Gasteiger partial charge in [-0.15, -0.1) is 0 Å². The predicted molar refractivity (Wildman–Crippen MR) is 125 cm³/mol. The van der Waals surface area contributed by atoms with Crippen LogP contribution < -0.4 is 0 Å². The van der Waals surface area contributed by atoms with Crippen LogP contribution in [0, 0.1) is 16.7 Å². The molecule has 1 aliphatic heterocycles. The summed E-state index contributed by atoms with van der Waals surface area (Å²) in [6.45, 7) is 11.4. The van der Waals surface area contributed by atoms with Gasteiger partial charge in [0.25, 0.3) is 0 Å². The van der Waals surface area contributed by atoms with Gasteiger partial charge < -0.3 is 19.8 Å². The molecule has 184 valence electrons. The summed E-state index contributed by atoms with van der Waals surface area (Å²) in [6, 6.07) is 8.95. The number of hydrogen-bond acceptors (Lipinski definition) is 5. The van der Waals surface area contributed by atoms with Crippen LogP contribution in [-0.4, -0.2) is 70.3 Å². The minimum absolute atomic E-state index is 0.0359. The minimum atomic E-state index is -1.15. The van der Waals surface area contributed by atoms with Crippen LogP contribution in [-0.2, 0) is 20.9 Å². The van der Waals surface area contributed by atoms with Gasteiger partial charge in [0.1, 0.15) is 12.6 Å². The van der Waals surface area contributed by atoms with Gasteiger partial charge >= 0.3 is 18.0 Å². The molecule has 0 aromatic heterocycles. The fourth-order valence-electron chi connectivity index (χ4n) is 4.46. The van der Waals surface area contributed by atoms with E-state index in [1.165, 1.54) is 0 Å². The SMILES string of the molecule is CC(C)[C@@H](C(=O)OCc1ccccc1)N(CCC1(C(=O)O)CCN(C(=O)O)C1)CC(C)(C)C. The van der Waals surface area contributed by atoms with E-state index in [-0.39, 0.29) is 49.8 Å². The van der Waals surface area contributed by atoms with Crippen LogP contribution in [0.15, 0.2) is 30.3 Å². The van der Waals surface area contributed by atoms with Gasteiger partial charge in [0.05, 0.1) is 5.41 Å². The standard InChI is InChI=1S/C25H38N2O6/c1-18(2)20(21(28)33-15-19-9-7-6-8-10-19)26(16-24(3,4)5)13-11-25(22(29)30)12-14-27(17-25)23(31)32/h6-10,18,20H,11-17H2,1-5H3,(H,29,30)(H,31,32)/t20-,25?/m0/s1. The molecule has 1 aromatic carbocycles. The normalized spacial score (nSPS) is 19.7. The lowest BCUT2D eigenvalue weighted by Gasteiger charge is -2.38. The number of likely N-dealkylation sites (tertiary alicyclic amines) is 1. The predicted octanol–water partition coefficient (Wildman–Crippen LogP) is 3.95. The Balaban J connectivity index is 2.20. The molecule has 1 amide bonds. The van der Waals surface area contributed by atoms with E-state index in [0.29, 0.717) is 13.1 Å². The first-order chi connectivity index (χ1) is 15.3. The number of hydrogen-bond donors (Lipinski definition) is 2. The molecule has 0 saturated carbocycles. The molecule has 8 nitrogen and oxygen atoms in total. The second-order valence-corrected chi connectivity index (χ2v) is 10.6. The van der Waals surface area contributed by atoms with Crippen molar-refractivity contribution >= 4 is 18.0 Å². The van der Waals surface area contributed by atoms with Gasteiger partial charge in [-0.3, -0.25) is 14.5 Å². The lowest BCUT2D eigenvalue weighted by molar-refractivity contribution is -0.154. The third kappa shape index (κ3) is 7.45. The number of esters is 1. The molecule has 1 fully saturated rings. The van der Waals surface area contributed by atoms with Gasteiger partial charge in [0.2, 0.25) is 0 Å². The van der Waals surface area contributed by atoms with E-state index in [0.717, 1.165) is 10.5 Å². The molecular formula is C25H38N2O6. The summed E-state index contributed by atoms with van der Waals surface area (Å²) in [6.07, 6.45) is -0.575. The molecule has 0 radical (unpaired) electrons. The lowest BCUT2D eigenvalue weighted by atomic mass is 9.82. The van der Waals surface area contributed by atoms with Gasteiger partial charge in [-0.1, -0.05) is 65.0 Å². The van der Waals surface area contributed by atoms with Crippen molar-refractivity contribution in [1.29, 1.82) is 0 Å². The third-order valence-corrected chi connectivity index (χ3v) is 6.12. The largest absolute Gasteiger partial charge is 0.481 e. The van der Waals surface area contributed by atoms with Crippen LogP contribution in [0.4, 0.5) is 4.79 Å². The molecule has 2 N–H and O–H groups in total. The van der Waals surface area contributed by atoms with Crippen LogP contribution in [0.5, 0.6) is 0 Å². The molecule has 1 unspecified atom stereocenters. The maximum atomic E-state index is 13.2. The highest BCUT2D eigenvalue weighted by atomic mass is 16.5. The number of amides is 1. The number of rotatable bonds is 10. The summed E-state index contributed by atoms with van der Waals surface area (Å²) in [4.78, 5) is 39.9. The molecular weight excluding hydrogens is 424 g/mol. The van der Waals surface area contributed by atoms with E-state index in [4.69, 9.17) is 4.74 Å². The first-order valence-electron chi connectivity index (χ1n) is 11.5. The molecule has 1 saturated heterocycles. The minimum Gasteiger partial charge on any atom is -0.481 e. The van der Waals surface area contributed by atoms with Crippen LogP contribution >= 0.6 is 0 Å². The summed E-state index contributed by atoms with van der Waals surface area (Å²) >= 11 is 0. The monoisotopic (exact) mass is 462 g/mol. The van der Waals surface area contributed by atoms with Crippen molar-refractivity contribution in [2.45, 2.75) is 60.1 Å². The number of carboxylic acid groups (broad SMARTS) is 2.